The monoisotopic (exact) mass is 463 g/mol. The number of likely N-dealkylation sites (N-methyl/N-ethyl adjacent to an activating group) is 1. The Hall–Kier alpha value is -2.56. The van der Waals surface area contributed by atoms with Gasteiger partial charge in [0.1, 0.15) is 0 Å². The number of hydrogen-bond acceptors (Lipinski definition) is 9. The van der Waals surface area contributed by atoms with Crippen molar-refractivity contribution in [1.82, 2.24) is 15.5 Å². The molecule has 0 fully saturated rings. The van der Waals surface area contributed by atoms with Crippen LogP contribution in [0.15, 0.2) is 36.4 Å². The normalized spacial score (nSPS) is 14.5. The number of aliphatic hydroxyl groups is 2. The lowest BCUT2D eigenvalue weighted by molar-refractivity contribution is 0.109. The number of phenolic OH excluding ortho intramolecular Hbond substituents is 4. The van der Waals surface area contributed by atoms with Crippen molar-refractivity contribution in [1.29, 1.82) is 0 Å². The molecule has 9 heteroatoms. The number of phenols is 4. The number of hydrogen-bond donors (Lipinski definition) is 8. The van der Waals surface area contributed by atoms with Gasteiger partial charge in [0.25, 0.3) is 0 Å². The van der Waals surface area contributed by atoms with Gasteiger partial charge in [-0.2, -0.15) is 0 Å². The second kappa shape index (κ2) is 12.6. The first-order chi connectivity index (χ1) is 15.7. The van der Waals surface area contributed by atoms with Crippen molar-refractivity contribution in [3.8, 4) is 23.0 Å². The molecule has 9 nitrogen and oxygen atoms in total. The Morgan fingerprint density at radius 1 is 0.848 bits per heavy atom. The average Bonchev–Trinajstić information content (AvgIpc) is 2.78. The molecule has 0 saturated carbocycles. The number of rotatable bonds is 13. The van der Waals surface area contributed by atoms with Gasteiger partial charge in [-0.05, 0) is 54.8 Å². The number of benzene rings is 2. The quantitative estimate of drug-likeness (QED) is 0.162. The van der Waals surface area contributed by atoms with E-state index >= 15 is 0 Å². The van der Waals surface area contributed by atoms with Crippen LogP contribution in [0.3, 0.4) is 0 Å². The van der Waals surface area contributed by atoms with Crippen LogP contribution in [0, 0.1) is 5.92 Å². The van der Waals surface area contributed by atoms with E-state index in [1.54, 1.807) is 12.1 Å². The third kappa shape index (κ3) is 7.76. The topological polar surface area (TPSA) is 149 Å². The van der Waals surface area contributed by atoms with E-state index < -0.39 is 6.17 Å². The molecule has 0 spiro atoms. The van der Waals surface area contributed by atoms with Gasteiger partial charge >= 0.3 is 0 Å². The van der Waals surface area contributed by atoms with Crippen LogP contribution in [0.4, 0.5) is 0 Å². The van der Waals surface area contributed by atoms with E-state index in [2.05, 4.69) is 10.6 Å². The van der Waals surface area contributed by atoms with Crippen LogP contribution in [0.1, 0.15) is 31.0 Å². The second-order valence-electron chi connectivity index (χ2n) is 8.66. The fourth-order valence-corrected chi connectivity index (χ4v) is 3.55. The summed E-state index contributed by atoms with van der Waals surface area (Å²) in [5.41, 5.74) is 1.56. The molecular weight excluding hydrogens is 426 g/mol. The van der Waals surface area contributed by atoms with Gasteiger partial charge in [0.2, 0.25) is 0 Å². The minimum Gasteiger partial charge on any atom is -0.504 e. The fraction of sp³-hybridized carbons (Fsp3) is 0.500. The maximum atomic E-state index is 10.1. The molecule has 0 aromatic heterocycles. The molecule has 0 saturated heterocycles. The van der Waals surface area contributed by atoms with Crippen molar-refractivity contribution in [2.24, 2.45) is 5.92 Å². The average molecular weight is 464 g/mol. The summed E-state index contributed by atoms with van der Waals surface area (Å²) in [7, 11) is 1.86. The van der Waals surface area contributed by atoms with E-state index in [9.17, 15) is 30.6 Å². The second-order valence-corrected chi connectivity index (χ2v) is 8.66. The summed E-state index contributed by atoms with van der Waals surface area (Å²) in [5, 5.41) is 65.3. The zero-order chi connectivity index (χ0) is 24.5. The Kier molecular flexibility index (Phi) is 10.2. The maximum Gasteiger partial charge on any atom is 0.157 e. The largest absolute Gasteiger partial charge is 0.504 e. The third-order valence-electron chi connectivity index (χ3n) is 5.88. The Morgan fingerprint density at radius 2 is 1.48 bits per heavy atom. The highest BCUT2D eigenvalue weighted by atomic mass is 16.3. The minimum absolute atomic E-state index is 0.0198. The smallest absolute Gasteiger partial charge is 0.157 e. The summed E-state index contributed by atoms with van der Waals surface area (Å²) in [6.07, 6.45) is 0.163. The maximum absolute atomic E-state index is 10.1. The lowest BCUT2D eigenvalue weighted by atomic mass is 10.0. The predicted molar refractivity (Wildman–Crippen MR) is 126 cm³/mol. The number of aliphatic hydroxyl groups excluding tert-OH is 2. The van der Waals surface area contributed by atoms with Crippen molar-refractivity contribution >= 4 is 0 Å². The summed E-state index contributed by atoms with van der Waals surface area (Å²) >= 11 is 0. The van der Waals surface area contributed by atoms with Crippen molar-refractivity contribution < 1.29 is 30.6 Å². The van der Waals surface area contributed by atoms with Crippen LogP contribution in [0.25, 0.3) is 0 Å². The summed E-state index contributed by atoms with van der Waals surface area (Å²) in [6.45, 7) is 4.81. The summed E-state index contributed by atoms with van der Waals surface area (Å²) < 4.78 is 0. The molecule has 0 bridgehead atoms. The van der Waals surface area contributed by atoms with E-state index in [4.69, 9.17) is 0 Å². The lowest BCUT2D eigenvalue weighted by Gasteiger charge is -2.33. The summed E-state index contributed by atoms with van der Waals surface area (Å²) in [6, 6.07) is 8.83. The first-order valence-electron chi connectivity index (χ1n) is 11.1. The van der Waals surface area contributed by atoms with Gasteiger partial charge in [-0.3, -0.25) is 10.2 Å². The van der Waals surface area contributed by atoms with Crippen LogP contribution in [0.2, 0.25) is 0 Å². The highest BCUT2D eigenvalue weighted by Gasteiger charge is 2.22. The van der Waals surface area contributed by atoms with Gasteiger partial charge in [-0.25, -0.2) is 0 Å². The number of nitrogens with zero attached hydrogens (tertiary/aromatic N) is 1. The summed E-state index contributed by atoms with van der Waals surface area (Å²) in [4.78, 5) is 1.93. The molecule has 0 aliphatic heterocycles. The molecule has 0 aliphatic rings. The van der Waals surface area contributed by atoms with Crippen LogP contribution < -0.4 is 10.6 Å². The number of aromatic hydroxyl groups is 4. The fourth-order valence-electron chi connectivity index (χ4n) is 3.55. The van der Waals surface area contributed by atoms with Gasteiger partial charge < -0.3 is 36.0 Å². The molecule has 2 unspecified atom stereocenters. The Balaban J connectivity index is 2.12. The standard InChI is InChI=1S/C24H37N3O6/c1-15(2)19(13-28)25-12-18(17-5-7-21(31)23(33)11-17)26-24(14-29)27(3)9-8-16-4-6-20(30)22(32)10-16/h4-7,10-11,15,18-19,24-26,28-33H,8-9,12-14H2,1-3H3/t18?,19-,24?/m0/s1. The molecule has 3 atom stereocenters. The van der Waals surface area contributed by atoms with Crippen molar-refractivity contribution in [2.75, 3.05) is 33.4 Å². The van der Waals surface area contributed by atoms with Gasteiger partial charge in [0, 0.05) is 25.2 Å². The van der Waals surface area contributed by atoms with Crippen molar-refractivity contribution in [3.05, 3.63) is 47.5 Å². The van der Waals surface area contributed by atoms with Gasteiger partial charge in [-0.15, -0.1) is 0 Å². The molecule has 2 aromatic carbocycles. The Morgan fingerprint density at radius 3 is 2.03 bits per heavy atom. The highest BCUT2D eigenvalue weighted by molar-refractivity contribution is 5.42. The number of nitrogens with one attached hydrogen (secondary N) is 2. The van der Waals surface area contributed by atoms with Crippen LogP contribution in [-0.4, -0.2) is 81.1 Å². The molecule has 184 valence electrons. The van der Waals surface area contributed by atoms with E-state index in [-0.39, 0.29) is 54.2 Å². The van der Waals surface area contributed by atoms with E-state index in [1.807, 2.05) is 25.8 Å². The molecule has 2 rings (SSSR count). The zero-order valence-electron chi connectivity index (χ0n) is 19.4. The van der Waals surface area contributed by atoms with Gasteiger partial charge in [0.15, 0.2) is 23.0 Å². The molecular formula is C24H37N3O6. The molecule has 33 heavy (non-hydrogen) atoms. The van der Waals surface area contributed by atoms with E-state index in [0.717, 1.165) is 5.56 Å². The first-order valence-corrected chi connectivity index (χ1v) is 11.1. The van der Waals surface area contributed by atoms with Crippen LogP contribution in [-0.2, 0) is 6.42 Å². The van der Waals surface area contributed by atoms with Crippen molar-refractivity contribution in [3.63, 3.8) is 0 Å². The van der Waals surface area contributed by atoms with E-state index in [0.29, 0.717) is 25.1 Å². The van der Waals surface area contributed by atoms with Crippen LogP contribution >= 0.6 is 0 Å². The predicted octanol–water partition coefficient (Wildman–Crippen LogP) is 1.24. The van der Waals surface area contributed by atoms with Gasteiger partial charge in [0.05, 0.1) is 19.4 Å². The summed E-state index contributed by atoms with van der Waals surface area (Å²) in [5.74, 6) is -0.579. The van der Waals surface area contributed by atoms with E-state index in [1.165, 1.54) is 24.3 Å². The van der Waals surface area contributed by atoms with Crippen LogP contribution in [0.5, 0.6) is 23.0 Å². The molecule has 0 heterocycles. The highest BCUT2D eigenvalue weighted by Crippen LogP contribution is 2.28. The molecule has 0 radical (unpaired) electrons. The Bertz CT molecular complexity index is 879. The first kappa shape index (κ1) is 26.7. The van der Waals surface area contributed by atoms with Gasteiger partial charge in [-0.1, -0.05) is 26.0 Å². The van der Waals surface area contributed by atoms with Crippen molar-refractivity contribution in [2.45, 2.75) is 38.5 Å². The molecule has 0 amide bonds. The molecule has 8 N–H and O–H groups in total. The molecule has 2 aromatic rings. The SMILES string of the molecule is CC(C)[C@H](CO)NCC(NC(CO)N(C)CCc1ccc(O)c(O)c1)c1ccc(O)c(O)c1. The minimum atomic E-state index is -0.426. The Labute approximate surface area is 194 Å². The zero-order valence-corrected chi connectivity index (χ0v) is 19.4. The molecule has 0 aliphatic carbocycles. The third-order valence-corrected chi connectivity index (χ3v) is 5.88. The lowest BCUT2D eigenvalue weighted by Crippen LogP contribution is -2.51.